The number of rotatable bonds is 5. The first-order valence-corrected chi connectivity index (χ1v) is 10.3. The molecule has 0 aliphatic carbocycles. The smallest absolute Gasteiger partial charge is 0.242 e. The van der Waals surface area contributed by atoms with Gasteiger partial charge in [-0.15, -0.1) is 0 Å². The van der Waals surface area contributed by atoms with E-state index in [0.717, 1.165) is 16.8 Å². The number of morpholine rings is 1. The van der Waals surface area contributed by atoms with Crippen molar-refractivity contribution in [2.45, 2.75) is 32.4 Å². The molecule has 0 saturated carbocycles. The van der Waals surface area contributed by atoms with Gasteiger partial charge in [0.05, 0.1) is 24.4 Å². The van der Waals surface area contributed by atoms with Gasteiger partial charge < -0.3 is 20.1 Å². The van der Waals surface area contributed by atoms with Crippen LogP contribution in [-0.4, -0.2) is 58.2 Å². The summed E-state index contributed by atoms with van der Waals surface area (Å²) < 4.78 is 11.8. The molecule has 3 heterocycles. The molecular formula is C23H27N5O3. The molecule has 0 bridgehead atoms. The molecule has 1 amide bonds. The monoisotopic (exact) mass is 421 g/mol. The molecule has 8 heteroatoms. The number of nitrogens with two attached hydrogens (primary N) is 1. The van der Waals surface area contributed by atoms with Crippen molar-refractivity contribution >= 4 is 16.9 Å². The van der Waals surface area contributed by atoms with Crippen LogP contribution in [0.25, 0.3) is 22.3 Å². The van der Waals surface area contributed by atoms with E-state index in [2.05, 4.69) is 9.97 Å². The Morgan fingerprint density at radius 1 is 1.26 bits per heavy atom. The van der Waals surface area contributed by atoms with E-state index in [4.69, 9.17) is 20.2 Å². The van der Waals surface area contributed by atoms with Gasteiger partial charge in [-0.3, -0.25) is 9.78 Å². The van der Waals surface area contributed by atoms with Crippen LogP contribution in [0.15, 0.2) is 42.7 Å². The van der Waals surface area contributed by atoms with Crippen LogP contribution in [0, 0.1) is 0 Å². The van der Waals surface area contributed by atoms with E-state index in [-0.39, 0.29) is 18.6 Å². The Kier molecular flexibility index (Phi) is 5.84. The number of hydrogen-bond donors (Lipinski definition) is 1. The SMILES string of the molecule is CC(=O)N1CCOC(COc2nc(-c3ccc(C(C)(C)N)cc3)cc3nccnc23)C1. The number of nitrogens with zero attached hydrogens (tertiary/aromatic N) is 4. The number of benzene rings is 1. The summed E-state index contributed by atoms with van der Waals surface area (Å²) in [5, 5.41) is 0. The van der Waals surface area contributed by atoms with Gasteiger partial charge in [0.2, 0.25) is 11.8 Å². The van der Waals surface area contributed by atoms with Gasteiger partial charge in [0, 0.05) is 37.0 Å². The fraction of sp³-hybridized carbons (Fsp3) is 0.391. The van der Waals surface area contributed by atoms with Crippen molar-refractivity contribution in [1.82, 2.24) is 19.9 Å². The lowest BCUT2D eigenvalue weighted by Crippen LogP contribution is -2.46. The van der Waals surface area contributed by atoms with E-state index in [1.165, 1.54) is 0 Å². The highest BCUT2D eigenvalue weighted by Gasteiger charge is 2.23. The summed E-state index contributed by atoms with van der Waals surface area (Å²) in [4.78, 5) is 27.0. The van der Waals surface area contributed by atoms with Crippen LogP contribution < -0.4 is 10.5 Å². The zero-order valence-corrected chi connectivity index (χ0v) is 18.0. The van der Waals surface area contributed by atoms with Crippen molar-refractivity contribution in [2.24, 2.45) is 5.73 Å². The maximum absolute atomic E-state index is 11.7. The second-order valence-electron chi connectivity index (χ2n) is 8.30. The molecule has 162 valence electrons. The zero-order chi connectivity index (χ0) is 22.0. The van der Waals surface area contributed by atoms with Crippen molar-refractivity contribution in [3.8, 4) is 17.1 Å². The molecule has 1 saturated heterocycles. The molecule has 2 aromatic heterocycles. The minimum Gasteiger partial charge on any atom is -0.473 e. The molecule has 8 nitrogen and oxygen atoms in total. The molecular weight excluding hydrogens is 394 g/mol. The van der Waals surface area contributed by atoms with Gasteiger partial charge >= 0.3 is 0 Å². The van der Waals surface area contributed by atoms with E-state index in [9.17, 15) is 4.79 Å². The lowest BCUT2D eigenvalue weighted by atomic mass is 9.94. The topological polar surface area (TPSA) is 103 Å². The van der Waals surface area contributed by atoms with Crippen molar-refractivity contribution in [2.75, 3.05) is 26.3 Å². The molecule has 1 atom stereocenters. The second kappa shape index (κ2) is 8.56. The molecule has 1 aromatic carbocycles. The summed E-state index contributed by atoms with van der Waals surface area (Å²) in [6.07, 6.45) is 3.04. The third-order valence-corrected chi connectivity index (χ3v) is 5.34. The van der Waals surface area contributed by atoms with Crippen LogP contribution >= 0.6 is 0 Å². The maximum Gasteiger partial charge on any atom is 0.242 e. The summed E-state index contributed by atoms with van der Waals surface area (Å²) in [6, 6.07) is 9.89. The number of hydrogen-bond acceptors (Lipinski definition) is 7. The minimum absolute atomic E-state index is 0.0360. The molecule has 4 rings (SSSR count). The molecule has 31 heavy (non-hydrogen) atoms. The van der Waals surface area contributed by atoms with Crippen molar-refractivity contribution in [1.29, 1.82) is 0 Å². The van der Waals surface area contributed by atoms with Crippen LogP contribution in [-0.2, 0) is 15.1 Å². The number of carbonyl (C=O) groups excluding carboxylic acids is 1. The average Bonchev–Trinajstić information content (AvgIpc) is 2.77. The lowest BCUT2D eigenvalue weighted by Gasteiger charge is -2.32. The average molecular weight is 422 g/mol. The maximum atomic E-state index is 11.7. The van der Waals surface area contributed by atoms with E-state index < -0.39 is 5.54 Å². The number of carbonyl (C=O) groups is 1. The molecule has 0 spiro atoms. The molecule has 0 radical (unpaired) electrons. The third kappa shape index (κ3) is 4.81. The summed E-state index contributed by atoms with van der Waals surface area (Å²) in [7, 11) is 0. The molecule has 1 fully saturated rings. The number of ether oxygens (including phenoxy) is 2. The van der Waals surface area contributed by atoms with Crippen LogP contribution in [0.4, 0.5) is 0 Å². The first kappa shape index (κ1) is 21.1. The summed E-state index contributed by atoms with van der Waals surface area (Å²) in [5.74, 6) is 0.432. The standard InChI is InChI=1S/C23H27N5O3/c1-15(29)28-10-11-30-18(13-28)14-31-22-21-20(25-8-9-26-21)12-19(27-22)16-4-6-17(7-5-16)23(2,3)24/h4-9,12,18H,10-11,13-14,24H2,1-3H3. The van der Waals surface area contributed by atoms with E-state index in [0.29, 0.717) is 36.6 Å². The number of fused-ring (bicyclic) bond motifs is 1. The van der Waals surface area contributed by atoms with Crippen molar-refractivity contribution in [3.63, 3.8) is 0 Å². The van der Waals surface area contributed by atoms with E-state index in [1.54, 1.807) is 24.2 Å². The minimum atomic E-state index is -0.414. The number of aromatic nitrogens is 3. The zero-order valence-electron chi connectivity index (χ0n) is 18.0. The Morgan fingerprint density at radius 3 is 2.71 bits per heavy atom. The quantitative estimate of drug-likeness (QED) is 0.675. The second-order valence-corrected chi connectivity index (χ2v) is 8.30. The Bertz CT molecular complexity index is 1080. The summed E-state index contributed by atoms with van der Waals surface area (Å²) >= 11 is 0. The Labute approximate surface area is 181 Å². The Hall–Kier alpha value is -3.10. The molecule has 1 aliphatic rings. The van der Waals surface area contributed by atoms with Gasteiger partial charge in [-0.2, -0.15) is 0 Å². The summed E-state index contributed by atoms with van der Waals surface area (Å²) in [5.41, 5.74) is 9.77. The molecule has 2 N–H and O–H groups in total. The van der Waals surface area contributed by atoms with Crippen molar-refractivity contribution < 1.29 is 14.3 Å². The highest BCUT2D eigenvalue weighted by atomic mass is 16.5. The van der Waals surface area contributed by atoms with E-state index >= 15 is 0 Å². The molecule has 3 aromatic rings. The van der Waals surface area contributed by atoms with Gasteiger partial charge in [0.25, 0.3) is 0 Å². The molecule has 1 unspecified atom stereocenters. The summed E-state index contributed by atoms with van der Waals surface area (Å²) in [6.45, 7) is 7.36. The predicted octanol–water partition coefficient (Wildman–Crippen LogP) is 2.51. The number of pyridine rings is 1. The molecule has 1 aliphatic heterocycles. The van der Waals surface area contributed by atoms with Gasteiger partial charge in [0.15, 0.2) is 5.52 Å². The fourth-order valence-electron chi connectivity index (χ4n) is 3.54. The normalized spacial score (nSPS) is 17.0. The van der Waals surface area contributed by atoms with Crippen LogP contribution in [0.1, 0.15) is 26.3 Å². The largest absolute Gasteiger partial charge is 0.473 e. The predicted molar refractivity (Wildman–Crippen MR) is 117 cm³/mol. The van der Waals surface area contributed by atoms with Gasteiger partial charge in [0.1, 0.15) is 12.7 Å². The number of amides is 1. The highest BCUT2D eigenvalue weighted by molar-refractivity contribution is 5.83. The van der Waals surface area contributed by atoms with Crippen molar-refractivity contribution in [3.05, 3.63) is 48.3 Å². The van der Waals surface area contributed by atoms with Gasteiger partial charge in [-0.05, 0) is 25.5 Å². The van der Waals surface area contributed by atoms with Crippen LogP contribution in [0.3, 0.4) is 0 Å². The van der Waals surface area contributed by atoms with E-state index in [1.807, 2.05) is 44.2 Å². The third-order valence-electron chi connectivity index (χ3n) is 5.34. The highest BCUT2D eigenvalue weighted by Crippen LogP contribution is 2.28. The Balaban J connectivity index is 1.60. The first-order chi connectivity index (χ1) is 14.8. The fourth-order valence-corrected chi connectivity index (χ4v) is 3.54. The first-order valence-electron chi connectivity index (χ1n) is 10.3. The van der Waals surface area contributed by atoms with Crippen LogP contribution in [0.2, 0.25) is 0 Å². The lowest BCUT2D eigenvalue weighted by molar-refractivity contribution is -0.137. The van der Waals surface area contributed by atoms with Gasteiger partial charge in [-0.1, -0.05) is 24.3 Å². The van der Waals surface area contributed by atoms with Crippen LogP contribution in [0.5, 0.6) is 5.88 Å². The Morgan fingerprint density at radius 2 is 2.00 bits per heavy atom. The van der Waals surface area contributed by atoms with Gasteiger partial charge in [-0.25, -0.2) is 9.97 Å².